The van der Waals surface area contributed by atoms with Gasteiger partial charge in [-0.25, -0.2) is 4.39 Å². The molecule has 0 spiro atoms. The summed E-state index contributed by atoms with van der Waals surface area (Å²) in [7, 11) is 0. The van der Waals surface area contributed by atoms with E-state index in [1.54, 1.807) is 24.3 Å². The van der Waals surface area contributed by atoms with Crippen LogP contribution in [0, 0.1) is 5.82 Å². The topological polar surface area (TPSA) is 68.5 Å². The van der Waals surface area contributed by atoms with E-state index in [1.807, 2.05) is 12.1 Å². The maximum Gasteiger partial charge on any atom is 0.258 e. The van der Waals surface area contributed by atoms with Gasteiger partial charge in [-0.05, 0) is 61.5 Å². The Hall–Kier alpha value is -3.12. The van der Waals surface area contributed by atoms with Crippen molar-refractivity contribution in [2.45, 2.75) is 13.5 Å². The van der Waals surface area contributed by atoms with Crippen molar-refractivity contribution < 1.29 is 23.1 Å². The van der Waals surface area contributed by atoms with Crippen LogP contribution in [0.15, 0.2) is 59.0 Å². The van der Waals surface area contributed by atoms with Gasteiger partial charge in [0, 0.05) is 10.6 Å². The summed E-state index contributed by atoms with van der Waals surface area (Å²) < 4.78 is 24.3. The molecule has 1 amide bonds. The van der Waals surface area contributed by atoms with Crippen molar-refractivity contribution in [2.75, 3.05) is 6.61 Å². The SMILES string of the molecule is CC(=O)c1cc(F)ccc1OCC(=O)NCc1ccc(-c2ccc(Cl)cc2)o1. The summed E-state index contributed by atoms with van der Waals surface area (Å²) in [6.07, 6.45) is 0. The maximum atomic E-state index is 13.3. The Bertz CT molecular complexity index is 998. The molecule has 0 aliphatic heterocycles. The molecule has 1 heterocycles. The Morgan fingerprint density at radius 2 is 1.86 bits per heavy atom. The number of halogens is 2. The molecule has 3 rings (SSSR count). The van der Waals surface area contributed by atoms with E-state index < -0.39 is 11.7 Å². The first-order valence-electron chi connectivity index (χ1n) is 8.47. The molecule has 3 aromatic rings. The Labute approximate surface area is 166 Å². The molecule has 1 N–H and O–H groups in total. The fourth-order valence-electron chi connectivity index (χ4n) is 2.53. The van der Waals surface area contributed by atoms with E-state index >= 15 is 0 Å². The van der Waals surface area contributed by atoms with Crippen LogP contribution < -0.4 is 10.1 Å². The number of Topliss-reactive ketones (excluding diaryl/α,β-unsaturated/α-hetero) is 1. The van der Waals surface area contributed by atoms with E-state index in [2.05, 4.69) is 5.32 Å². The van der Waals surface area contributed by atoms with Crippen LogP contribution in [0.4, 0.5) is 4.39 Å². The minimum Gasteiger partial charge on any atom is -0.483 e. The predicted molar refractivity (Wildman–Crippen MR) is 103 cm³/mol. The predicted octanol–water partition coefficient (Wildman–Crippen LogP) is 4.64. The van der Waals surface area contributed by atoms with E-state index in [0.29, 0.717) is 16.5 Å². The minimum absolute atomic E-state index is 0.0893. The van der Waals surface area contributed by atoms with Crippen molar-refractivity contribution in [1.29, 1.82) is 0 Å². The number of nitrogens with one attached hydrogen (secondary N) is 1. The summed E-state index contributed by atoms with van der Waals surface area (Å²) in [6.45, 7) is 1.17. The van der Waals surface area contributed by atoms with Crippen molar-refractivity contribution in [3.63, 3.8) is 0 Å². The molecule has 0 aliphatic carbocycles. The smallest absolute Gasteiger partial charge is 0.258 e. The van der Waals surface area contributed by atoms with E-state index in [1.165, 1.54) is 19.1 Å². The molecule has 7 heteroatoms. The average Bonchev–Trinajstić information content (AvgIpc) is 3.15. The highest BCUT2D eigenvalue weighted by Crippen LogP contribution is 2.24. The van der Waals surface area contributed by atoms with E-state index in [9.17, 15) is 14.0 Å². The number of rotatable bonds is 7. The van der Waals surface area contributed by atoms with Crippen molar-refractivity contribution in [3.05, 3.63) is 76.8 Å². The fraction of sp³-hybridized carbons (Fsp3) is 0.143. The van der Waals surface area contributed by atoms with Crippen LogP contribution in [0.1, 0.15) is 23.0 Å². The first kappa shape index (κ1) is 19.6. The Morgan fingerprint density at radius 3 is 2.57 bits per heavy atom. The van der Waals surface area contributed by atoms with Gasteiger partial charge in [0.25, 0.3) is 5.91 Å². The first-order chi connectivity index (χ1) is 13.4. The van der Waals surface area contributed by atoms with Gasteiger partial charge in [-0.3, -0.25) is 9.59 Å². The molecule has 144 valence electrons. The zero-order valence-corrected chi connectivity index (χ0v) is 15.8. The van der Waals surface area contributed by atoms with Crippen LogP contribution >= 0.6 is 11.6 Å². The van der Waals surface area contributed by atoms with Gasteiger partial charge in [0.05, 0.1) is 12.1 Å². The second-order valence-electron chi connectivity index (χ2n) is 6.03. The summed E-state index contributed by atoms with van der Waals surface area (Å²) in [5.74, 6) is 0.103. The third-order valence-corrected chi connectivity index (χ3v) is 4.18. The lowest BCUT2D eigenvalue weighted by atomic mass is 10.1. The third-order valence-electron chi connectivity index (χ3n) is 3.93. The number of hydrogen-bond acceptors (Lipinski definition) is 4. The van der Waals surface area contributed by atoms with Crippen molar-refractivity contribution >= 4 is 23.3 Å². The maximum absolute atomic E-state index is 13.3. The summed E-state index contributed by atoms with van der Waals surface area (Å²) in [6, 6.07) is 14.4. The van der Waals surface area contributed by atoms with Gasteiger partial charge in [-0.2, -0.15) is 0 Å². The molecule has 0 aliphatic rings. The lowest BCUT2D eigenvalue weighted by Gasteiger charge is -2.10. The molecule has 2 aromatic carbocycles. The van der Waals surface area contributed by atoms with Gasteiger partial charge in [0.2, 0.25) is 0 Å². The number of ketones is 1. The van der Waals surface area contributed by atoms with E-state index in [-0.39, 0.29) is 30.2 Å². The second-order valence-corrected chi connectivity index (χ2v) is 6.47. The Morgan fingerprint density at radius 1 is 1.11 bits per heavy atom. The summed E-state index contributed by atoms with van der Waals surface area (Å²) >= 11 is 5.87. The molecule has 28 heavy (non-hydrogen) atoms. The van der Waals surface area contributed by atoms with Crippen molar-refractivity contribution in [1.82, 2.24) is 5.32 Å². The average molecular weight is 402 g/mol. The zero-order chi connectivity index (χ0) is 20.1. The molecule has 0 saturated heterocycles. The van der Waals surface area contributed by atoms with Crippen LogP contribution in [0.5, 0.6) is 5.75 Å². The molecule has 0 saturated carbocycles. The Balaban J connectivity index is 1.54. The highest BCUT2D eigenvalue weighted by atomic mass is 35.5. The van der Waals surface area contributed by atoms with E-state index in [0.717, 1.165) is 11.6 Å². The second kappa shape index (κ2) is 8.71. The molecular weight excluding hydrogens is 385 g/mol. The van der Waals surface area contributed by atoms with Crippen molar-refractivity contribution in [3.8, 4) is 17.1 Å². The summed E-state index contributed by atoms with van der Waals surface area (Å²) in [4.78, 5) is 23.5. The summed E-state index contributed by atoms with van der Waals surface area (Å²) in [5, 5.41) is 3.30. The monoisotopic (exact) mass is 401 g/mol. The summed E-state index contributed by atoms with van der Waals surface area (Å²) in [5.41, 5.74) is 0.963. The standard InChI is InChI=1S/C21H17ClFNO4/c1-13(25)18-10-16(23)6-8-20(18)27-12-21(26)24-11-17-7-9-19(28-17)14-2-4-15(22)5-3-14/h2-10H,11-12H2,1H3,(H,24,26). The van der Waals surface area contributed by atoms with Crippen LogP contribution in [0.25, 0.3) is 11.3 Å². The number of hydrogen-bond donors (Lipinski definition) is 1. The minimum atomic E-state index is -0.545. The van der Waals surface area contributed by atoms with Gasteiger partial charge in [0.1, 0.15) is 23.1 Å². The van der Waals surface area contributed by atoms with E-state index in [4.69, 9.17) is 20.8 Å². The normalized spacial score (nSPS) is 10.5. The van der Waals surface area contributed by atoms with Crippen LogP contribution in [-0.4, -0.2) is 18.3 Å². The number of benzene rings is 2. The zero-order valence-electron chi connectivity index (χ0n) is 15.0. The molecule has 0 unspecified atom stereocenters. The number of carbonyl (C=O) groups excluding carboxylic acids is 2. The van der Waals surface area contributed by atoms with Crippen LogP contribution in [0.3, 0.4) is 0 Å². The van der Waals surface area contributed by atoms with Gasteiger partial charge < -0.3 is 14.5 Å². The molecule has 0 radical (unpaired) electrons. The fourth-order valence-corrected chi connectivity index (χ4v) is 2.65. The van der Waals surface area contributed by atoms with Gasteiger partial charge in [-0.15, -0.1) is 0 Å². The quantitative estimate of drug-likeness (QED) is 0.586. The van der Waals surface area contributed by atoms with Crippen LogP contribution in [-0.2, 0) is 11.3 Å². The molecular formula is C21H17ClFNO4. The lowest BCUT2D eigenvalue weighted by Crippen LogP contribution is -2.28. The number of amides is 1. The first-order valence-corrected chi connectivity index (χ1v) is 8.85. The van der Waals surface area contributed by atoms with Gasteiger partial charge >= 0.3 is 0 Å². The highest BCUT2D eigenvalue weighted by Gasteiger charge is 2.12. The van der Waals surface area contributed by atoms with Crippen molar-refractivity contribution in [2.24, 2.45) is 0 Å². The molecule has 5 nitrogen and oxygen atoms in total. The van der Waals surface area contributed by atoms with Gasteiger partial charge in [0.15, 0.2) is 12.4 Å². The molecule has 1 aromatic heterocycles. The lowest BCUT2D eigenvalue weighted by molar-refractivity contribution is -0.123. The highest BCUT2D eigenvalue weighted by molar-refractivity contribution is 6.30. The van der Waals surface area contributed by atoms with Gasteiger partial charge in [-0.1, -0.05) is 11.6 Å². The Kier molecular flexibility index (Phi) is 6.11. The molecule has 0 bridgehead atoms. The van der Waals surface area contributed by atoms with Crippen LogP contribution in [0.2, 0.25) is 5.02 Å². The molecule has 0 fully saturated rings. The molecule has 0 atom stereocenters. The third kappa shape index (κ3) is 4.98. The number of furan rings is 1. The number of ether oxygens (including phenoxy) is 1. The number of carbonyl (C=O) groups is 2. The largest absolute Gasteiger partial charge is 0.483 e.